The molecule has 33 heavy (non-hydrogen) atoms. The molecule has 0 bridgehead atoms. The SMILES string of the molecule is CC1(CCC(=O)O)CCCCC1.C[C@]12CC[C@H]3[C@@H](CCC4=CC(=O)CC[C@@]43C)[C@@H]1CC[C@@H]2O. The summed E-state index contributed by atoms with van der Waals surface area (Å²) >= 11 is 0. The molecule has 6 atom stereocenters. The first-order valence-electron chi connectivity index (χ1n) is 13.7. The number of carbonyl (C=O) groups excluding carboxylic acids is 1. The smallest absolute Gasteiger partial charge is 0.303 e. The minimum atomic E-state index is -0.651. The van der Waals surface area contributed by atoms with Gasteiger partial charge in [0.2, 0.25) is 0 Å². The summed E-state index contributed by atoms with van der Waals surface area (Å²) in [5.74, 6) is 1.92. The number of aliphatic carboxylic acids is 1. The zero-order chi connectivity index (χ0) is 23.9. The molecule has 4 saturated carbocycles. The summed E-state index contributed by atoms with van der Waals surface area (Å²) in [6.07, 6.45) is 18.3. The third kappa shape index (κ3) is 4.83. The Balaban J connectivity index is 0.000000185. The Hall–Kier alpha value is -1.16. The molecule has 5 rings (SSSR count). The standard InChI is InChI=1S/C19H28O2.C10H18O2/c1-18-9-7-13(20)11-12(18)3-4-14-15-5-6-17(21)19(15,2)10-8-16(14)18;1-10(8-5-9(11)12)6-3-2-4-7-10/h11,14-17,21H,3-10H2,1-2H3;2-8H2,1H3,(H,11,12)/t14-,15-,16-,17-,18-,19-;/m0./s1. The van der Waals surface area contributed by atoms with E-state index >= 15 is 0 Å². The second-order valence-electron chi connectivity index (χ2n) is 12.9. The second-order valence-corrected chi connectivity index (χ2v) is 12.9. The van der Waals surface area contributed by atoms with Gasteiger partial charge in [-0.25, -0.2) is 0 Å². The molecule has 0 saturated heterocycles. The minimum Gasteiger partial charge on any atom is -0.481 e. The van der Waals surface area contributed by atoms with Crippen molar-refractivity contribution in [1.82, 2.24) is 0 Å². The lowest BCUT2D eigenvalue weighted by atomic mass is 9.47. The molecule has 0 spiro atoms. The summed E-state index contributed by atoms with van der Waals surface area (Å²) in [7, 11) is 0. The molecular weight excluding hydrogens is 412 g/mol. The molecule has 186 valence electrons. The monoisotopic (exact) mass is 458 g/mol. The van der Waals surface area contributed by atoms with Crippen LogP contribution in [0.4, 0.5) is 0 Å². The molecule has 2 N–H and O–H groups in total. The van der Waals surface area contributed by atoms with Crippen molar-refractivity contribution in [2.45, 2.75) is 123 Å². The molecule has 0 aromatic heterocycles. The molecule has 5 aliphatic carbocycles. The van der Waals surface area contributed by atoms with Gasteiger partial charge in [-0.15, -0.1) is 0 Å². The largest absolute Gasteiger partial charge is 0.481 e. The highest BCUT2D eigenvalue weighted by atomic mass is 16.4. The van der Waals surface area contributed by atoms with E-state index in [1.54, 1.807) is 0 Å². The highest BCUT2D eigenvalue weighted by Gasteiger charge is 2.58. The summed E-state index contributed by atoms with van der Waals surface area (Å²) in [4.78, 5) is 22.2. The lowest BCUT2D eigenvalue weighted by molar-refractivity contribution is -0.137. The molecule has 0 unspecified atom stereocenters. The molecule has 0 aliphatic heterocycles. The molecule has 0 amide bonds. The van der Waals surface area contributed by atoms with E-state index in [0.717, 1.165) is 43.9 Å². The first kappa shape index (κ1) is 24.9. The zero-order valence-corrected chi connectivity index (χ0v) is 21.2. The second kappa shape index (κ2) is 9.47. The summed E-state index contributed by atoms with van der Waals surface area (Å²) in [6.45, 7) is 6.99. The van der Waals surface area contributed by atoms with Gasteiger partial charge in [0.25, 0.3) is 0 Å². The van der Waals surface area contributed by atoms with Crippen LogP contribution in [0.15, 0.2) is 11.6 Å². The number of carboxylic acids is 1. The van der Waals surface area contributed by atoms with Gasteiger partial charge >= 0.3 is 5.97 Å². The molecule has 0 aromatic carbocycles. The Morgan fingerprint density at radius 1 is 0.939 bits per heavy atom. The lowest BCUT2D eigenvalue weighted by Crippen LogP contribution is -2.51. The molecule has 0 heterocycles. The van der Waals surface area contributed by atoms with Gasteiger partial charge in [-0.1, -0.05) is 45.6 Å². The Bertz CT molecular complexity index is 778. The van der Waals surface area contributed by atoms with Crippen LogP contribution < -0.4 is 0 Å². The van der Waals surface area contributed by atoms with Crippen LogP contribution >= 0.6 is 0 Å². The van der Waals surface area contributed by atoms with Gasteiger partial charge in [0.1, 0.15) is 0 Å². The van der Waals surface area contributed by atoms with Crippen molar-refractivity contribution in [2.24, 2.45) is 34.0 Å². The Morgan fingerprint density at radius 2 is 1.67 bits per heavy atom. The minimum absolute atomic E-state index is 0.0823. The topological polar surface area (TPSA) is 74.6 Å². The predicted molar refractivity (Wildman–Crippen MR) is 131 cm³/mol. The van der Waals surface area contributed by atoms with Gasteiger partial charge < -0.3 is 10.2 Å². The third-order valence-electron chi connectivity index (χ3n) is 10.9. The van der Waals surface area contributed by atoms with Crippen LogP contribution in [-0.2, 0) is 9.59 Å². The number of allylic oxidation sites excluding steroid dienone is 1. The van der Waals surface area contributed by atoms with E-state index in [9.17, 15) is 14.7 Å². The van der Waals surface area contributed by atoms with Crippen molar-refractivity contribution in [2.75, 3.05) is 0 Å². The fourth-order valence-corrected chi connectivity index (χ4v) is 8.60. The number of rotatable bonds is 3. The Kier molecular flexibility index (Phi) is 7.16. The number of aliphatic hydroxyl groups is 1. The lowest BCUT2D eigenvalue weighted by Gasteiger charge is -2.57. The van der Waals surface area contributed by atoms with E-state index in [-0.39, 0.29) is 16.9 Å². The van der Waals surface area contributed by atoms with E-state index in [1.165, 1.54) is 63.4 Å². The average Bonchev–Trinajstić information content (AvgIpc) is 3.09. The van der Waals surface area contributed by atoms with Crippen LogP contribution in [0, 0.1) is 34.0 Å². The first-order chi connectivity index (χ1) is 15.6. The maximum atomic E-state index is 11.8. The highest BCUT2D eigenvalue weighted by Crippen LogP contribution is 2.65. The number of aliphatic hydroxyl groups excluding tert-OH is 1. The van der Waals surface area contributed by atoms with Gasteiger partial charge in [-0.3, -0.25) is 9.59 Å². The first-order valence-corrected chi connectivity index (χ1v) is 13.7. The Morgan fingerprint density at radius 3 is 2.36 bits per heavy atom. The molecule has 0 aromatic rings. The van der Waals surface area contributed by atoms with Gasteiger partial charge in [0.15, 0.2) is 5.78 Å². The van der Waals surface area contributed by atoms with Gasteiger partial charge in [0.05, 0.1) is 6.10 Å². The number of carboxylic acid groups (broad SMARTS) is 1. The molecule has 0 radical (unpaired) electrons. The van der Waals surface area contributed by atoms with Crippen LogP contribution in [-0.4, -0.2) is 28.1 Å². The summed E-state index contributed by atoms with van der Waals surface area (Å²) in [5.41, 5.74) is 2.22. The van der Waals surface area contributed by atoms with Crippen LogP contribution in [0.3, 0.4) is 0 Å². The van der Waals surface area contributed by atoms with Crippen molar-refractivity contribution >= 4 is 11.8 Å². The molecule has 4 heteroatoms. The number of hydrogen-bond acceptors (Lipinski definition) is 3. The zero-order valence-electron chi connectivity index (χ0n) is 21.2. The quantitative estimate of drug-likeness (QED) is 0.493. The molecule has 5 aliphatic rings. The molecule has 4 nitrogen and oxygen atoms in total. The van der Waals surface area contributed by atoms with Gasteiger partial charge in [0, 0.05) is 12.8 Å². The molecule has 4 fully saturated rings. The Labute approximate surface area is 200 Å². The summed E-state index contributed by atoms with van der Waals surface area (Å²) < 4.78 is 0. The van der Waals surface area contributed by atoms with Crippen LogP contribution in [0.5, 0.6) is 0 Å². The highest BCUT2D eigenvalue weighted by molar-refractivity contribution is 5.91. The van der Waals surface area contributed by atoms with Crippen LogP contribution in [0.1, 0.15) is 117 Å². The van der Waals surface area contributed by atoms with Gasteiger partial charge in [-0.2, -0.15) is 0 Å². The van der Waals surface area contributed by atoms with Crippen molar-refractivity contribution in [1.29, 1.82) is 0 Å². The van der Waals surface area contributed by atoms with Crippen molar-refractivity contribution in [3.63, 3.8) is 0 Å². The maximum absolute atomic E-state index is 11.8. The van der Waals surface area contributed by atoms with Crippen molar-refractivity contribution in [3.8, 4) is 0 Å². The summed E-state index contributed by atoms with van der Waals surface area (Å²) in [6, 6.07) is 0. The predicted octanol–water partition coefficient (Wildman–Crippen LogP) is 6.70. The molecular formula is C29H46O4. The van der Waals surface area contributed by atoms with E-state index in [0.29, 0.717) is 23.5 Å². The van der Waals surface area contributed by atoms with E-state index in [1.807, 2.05) is 6.08 Å². The normalized spacial score (nSPS) is 41.6. The average molecular weight is 459 g/mol. The number of ketones is 1. The fourth-order valence-electron chi connectivity index (χ4n) is 8.60. The van der Waals surface area contributed by atoms with E-state index < -0.39 is 5.97 Å². The summed E-state index contributed by atoms with van der Waals surface area (Å²) in [5, 5.41) is 19.0. The van der Waals surface area contributed by atoms with Crippen LogP contribution in [0.2, 0.25) is 0 Å². The van der Waals surface area contributed by atoms with E-state index in [4.69, 9.17) is 5.11 Å². The van der Waals surface area contributed by atoms with Crippen LogP contribution in [0.25, 0.3) is 0 Å². The number of carbonyl (C=O) groups is 2. The van der Waals surface area contributed by atoms with Crippen molar-refractivity contribution in [3.05, 3.63) is 11.6 Å². The third-order valence-corrected chi connectivity index (χ3v) is 10.9. The van der Waals surface area contributed by atoms with Crippen molar-refractivity contribution < 1.29 is 19.8 Å². The number of hydrogen-bond donors (Lipinski definition) is 2. The maximum Gasteiger partial charge on any atom is 0.303 e. The van der Waals surface area contributed by atoms with Gasteiger partial charge in [-0.05, 0) is 104 Å². The number of fused-ring (bicyclic) bond motifs is 5. The fraction of sp³-hybridized carbons (Fsp3) is 0.862. The van der Waals surface area contributed by atoms with E-state index in [2.05, 4.69) is 20.8 Å².